The van der Waals surface area contributed by atoms with E-state index in [1.165, 1.54) is 19.3 Å². The molecular weight excluding hydrogens is 328 g/mol. The molecule has 0 radical (unpaired) electrons. The van der Waals surface area contributed by atoms with Gasteiger partial charge in [-0.15, -0.1) is 0 Å². The third kappa shape index (κ3) is 3.10. The van der Waals surface area contributed by atoms with Crippen molar-refractivity contribution < 1.29 is 4.79 Å². The van der Waals surface area contributed by atoms with E-state index in [0.29, 0.717) is 11.6 Å². The molecule has 0 saturated heterocycles. The number of carbonyl (C=O) groups excluding carboxylic acids is 1. The lowest BCUT2D eigenvalue weighted by Gasteiger charge is -2.30. The monoisotopic (exact) mass is 346 g/mol. The SMILES string of the molecule is O=C(NC1CCCCC1CBr)c1nccc2ccccc12. The van der Waals surface area contributed by atoms with Crippen molar-refractivity contribution in [3.63, 3.8) is 0 Å². The molecule has 1 aromatic heterocycles. The Kier molecular flexibility index (Phi) is 4.54. The fraction of sp³-hybridized carbons (Fsp3) is 0.412. The number of alkyl halides is 1. The Bertz CT molecular complexity index is 638. The Labute approximate surface area is 133 Å². The van der Waals surface area contributed by atoms with Gasteiger partial charge in [0.15, 0.2) is 0 Å². The van der Waals surface area contributed by atoms with Crippen LogP contribution in [0.4, 0.5) is 0 Å². The van der Waals surface area contributed by atoms with Crippen LogP contribution in [0.2, 0.25) is 0 Å². The second kappa shape index (κ2) is 6.56. The summed E-state index contributed by atoms with van der Waals surface area (Å²) in [6.45, 7) is 0. The van der Waals surface area contributed by atoms with Crippen LogP contribution >= 0.6 is 15.9 Å². The molecule has 2 atom stereocenters. The molecule has 3 rings (SSSR count). The number of halogens is 1. The molecule has 3 nitrogen and oxygen atoms in total. The topological polar surface area (TPSA) is 42.0 Å². The maximum atomic E-state index is 12.6. The van der Waals surface area contributed by atoms with Crippen LogP contribution in [-0.2, 0) is 0 Å². The van der Waals surface area contributed by atoms with Gasteiger partial charge in [0.2, 0.25) is 0 Å². The highest BCUT2D eigenvalue weighted by Gasteiger charge is 2.26. The Morgan fingerprint density at radius 3 is 2.90 bits per heavy atom. The lowest BCUT2D eigenvalue weighted by molar-refractivity contribution is 0.0908. The fourth-order valence-electron chi connectivity index (χ4n) is 3.12. The molecule has 1 aliphatic rings. The first-order chi connectivity index (χ1) is 10.3. The van der Waals surface area contributed by atoms with Crippen LogP contribution in [0.25, 0.3) is 10.8 Å². The van der Waals surface area contributed by atoms with Crippen molar-refractivity contribution in [1.29, 1.82) is 0 Å². The van der Waals surface area contributed by atoms with Gasteiger partial charge in [0.1, 0.15) is 5.69 Å². The van der Waals surface area contributed by atoms with Gasteiger partial charge >= 0.3 is 0 Å². The van der Waals surface area contributed by atoms with Crippen LogP contribution in [0.15, 0.2) is 36.5 Å². The summed E-state index contributed by atoms with van der Waals surface area (Å²) in [4.78, 5) is 16.9. The highest BCUT2D eigenvalue weighted by molar-refractivity contribution is 9.09. The van der Waals surface area contributed by atoms with Crippen LogP contribution in [0.1, 0.15) is 36.2 Å². The number of amides is 1. The van der Waals surface area contributed by atoms with E-state index < -0.39 is 0 Å². The highest BCUT2D eigenvalue weighted by Crippen LogP contribution is 2.26. The molecule has 21 heavy (non-hydrogen) atoms. The minimum atomic E-state index is -0.0513. The summed E-state index contributed by atoms with van der Waals surface area (Å²) in [7, 11) is 0. The molecule has 1 aromatic carbocycles. The molecule has 1 amide bonds. The number of hydrogen-bond acceptors (Lipinski definition) is 2. The van der Waals surface area contributed by atoms with Crippen molar-refractivity contribution in [3.8, 4) is 0 Å². The molecule has 1 heterocycles. The smallest absolute Gasteiger partial charge is 0.270 e. The van der Waals surface area contributed by atoms with Gasteiger partial charge in [-0.3, -0.25) is 9.78 Å². The minimum absolute atomic E-state index is 0.0513. The maximum absolute atomic E-state index is 12.6. The zero-order valence-electron chi connectivity index (χ0n) is 11.9. The molecule has 110 valence electrons. The summed E-state index contributed by atoms with van der Waals surface area (Å²) >= 11 is 3.57. The van der Waals surface area contributed by atoms with Crippen LogP contribution in [-0.4, -0.2) is 22.3 Å². The number of carbonyl (C=O) groups is 1. The Morgan fingerprint density at radius 1 is 1.24 bits per heavy atom. The Balaban J connectivity index is 1.84. The van der Waals surface area contributed by atoms with Crippen LogP contribution in [0, 0.1) is 5.92 Å². The molecule has 0 aliphatic heterocycles. The molecule has 2 aromatic rings. The first-order valence-corrected chi connectivity index (χ1v) is 8.62. The predicted octanol–water partition coefficient (Wildman–Crippen LogP) is 3.92. The minimum Gasteiger partial charge on any atom is -0.348 e. The molecule has 2 unspecified atom stereocenters. The number of hydrogen-bond donors (Lipinski definition) is 1. The zero-order chi connectivity index (χ0) is 14.7. The average Bonchev–Trinajstić information content (AvgIpc) is 2.54. The summed E-state index contributed by atoms with van der Waals surface area (Å²) in [5.41, 5.74) is 0.534. The number of fused-ring (bicyclic) bond motifs is 1. The fourth-order valence-corrected chi connectivity index (χ4v) is 3.89. The van der Waals surface area contributed by atoms with Crippen LogP contribution < -0.4 is 5.32 Å². The second-order valence-corrected chi connectivity index (χ2v) is 6.31. The van der Waals surface area contributed by atoms with Gasteiger partial charge in [0, 0.05) is 23.0 Å². The number of nitrogens with one attached hydrogen (secondary N) is 1. The van der Waals surface area contributed by atoms with E-state index in [4.69, 9.17) is 0 Å². The van der Waals surface area contributed by atoms with Gasteiger partial charge < -0.3 is 5.32 Å². The quantitative estimate of drug-likeness (QED) is 0.855. The van der Waals surface area contributed by atoms with Crippen molar-refractivity contribution in [2.75, 3.05) is 5.33 Å². The molecule has 1 saturated carbocycles. The van der Waals surface area contributed by atoms with Gasteiger partial charge in [0.05, 0.1) is 0 Å². The number of rotatable bonds is 3. The Morgan fingerprint density at radius 2 is 2.05 bits per heavy atom. The van der Waals surface area contributed by atoms with E-state index in [0.717, 1.165) is 22.5 Å². The van der Waals surface area contributed by atoms with E-state index in [1.807, 2.05) is 30.3 Å². The third-order valence-corrected chi connectivity index (χ3v) is 5.14. The van der Waals surface area contributed by atoms with E-state index in [1.54, 1.807) is 6.20 Å². The van der Waals surface area contributed by atoms with Crippen molar-refractivity contribution in [2.45, 2.75) is 31.7 Å². The molecular formula is C17H19BrN2O. The summed E-state index contributed by atoms with van der Waals surface area (Å²) in [5.74, 6) is 0.474. The first kappa shape index (κ1) is 14.5. The van der Waals surface area contributed by atoms with Gasteiger partial charge in [-0.25, -0.2) is 0 Å². The molecule has 1 aliphatic carbocycles. The first-order valence-electron chi connectivity index (χ1n) is 7.50. The lowest BCUT2D eigenvalue weighted by atomic mass is 9.86. The van der Waals surface area contributed by atoms with Crippen molar-refractivity contribution in [1.82, 2.24) is 10.3 Å². The average molecular weight is 347 g/mol. The van der Waals surface area contributed by atoms with E-state index in [-0.39, 0.29) is 11.9 Å². The van der Waals surface area contributed by atoms with Crippen molar-refractivity contribution in [2.24, 2.45) is 5.92 Å². The van der Waals surface area contributed by atoms with E-state index in [2.05, 4.69) is 26.2 Å². The normalized spacial score (nSPS) is 22.1. The number of pyridine rings is 1. The molecule has 1 N–H and O–H groups in total. The summed E-state index contributed by atoms with van der Waals surface area (Å²) in [6, 6.07) is 10.1. The second-order valence-electron chi connectivity index (χ2n) is 5.66. The number of benzene rings is 1. The van der Waals surface area contributed by atoms with Crippen LogP contribution in [0.3, 0.4) is 0 Å². The number of aromatic nitrogens is 1. The molecule has 0 bridgehead atoms. The molecule has 0 spiro atoms. The standard InChI is InChI=1S/C17H19BrN2O/c18-11-13-6-2-4-8-15(13)20-17(21)16-14-7-3-1-5-12(14)9-10-19-16/h1,3,5,7,9-10,13,15H,2,4,6,8,11H2,(H,20,21). The van der Waals surface area contributed by atoms with Crippen molar-refractivity contribution in [3.05, 3.63) is 42.2 Å². The van der Waals surface area contributed by atoms with Gasteiger partial charge in [-0.1, -0.05) is 53.0 Å². The van der Waals surface area contributed by atoms with Gasteiger partial charge in [-0.2, -0.15) is 0 Å². The number of nitrogens with zero attached hydrogens (tertiary/aromatic N) is 1. The van der Waals surface area contributed by atoms with E-state index in [9.17, 15) is 4.79 Å². The lowest BCUT2D eigenvalue weighted by Crippen LogP contribution is -2.43. The largest absolute Gasteiger partial charge is 0.348 e. The maximum Gasteiger partial charge on any atom is 0.270 e. The third-order valence-electron chi connectivity index (χ3n) is 4.31. The summed E-state index contributed by atoms with van der Waals surface area (Å²) in [5, 5.41) is 6.12. The zero-order valence-corrected chi connectivity index (χ0v) is 13.5. The summed E-state index contributed by atoms with van der Waals surface area (Å²) < 4.78 is 0. The van der Waals surface area contributed by atoms with E-state index >= 15 is 0 Å². The van der Waals surface area contributed by atoms with Crippen LogP contribution in [0.5, 0.6) is 0 Å². The molecule has 4 heteroatoms. The summed E-state index contributed by atoms with van der Waals surface area (Å²) in [6.07, 6.45) is 6.40. The van der Waals surface area contributed by atoms with Gasteiger partial charge in [0.25, 0.3) is 5.91 Å². The Hall–Kier alpha value is -1.42. The highest BCUT2D eigenvalue weighted by atomic mass is 79.9. The van der Waals surface area contributed by atoms with Crippen molar-refractivity contribution >= 4 is 32.6 Å². The van der Waals surface area contributed by atoms with Gasteiger partial charge in [-0.05, 0) is 30.2 Å². The molecule has 1 fully saturated rings. The predicted molar refractivity (Wildman–Crippen MR) is 88.7 cm³/mol.